The van der Waals surface area contributed by atoms with Crippen molar-refractivity contribution in [1.82, 2.24) is 10.6 Å². The van der Waals surface area contributed by atoms with Crippen LogP contribution in [0.2, 0.25) is 0 Å². The van der Waals surface area contributed by atoms with Crippen LogP contribution in [0.25, 0.3) is 0 Å². The van der Waals surface area contributed by atoms with Gasteiger partial charge in [0, 0.05) is 39.0 Å². The molecule has 0 aromatic carbocycles. The molecule has 0 radical (unpaired) electrons. The van der Waals surface area contributed by atoms with Gasteiger partial charge in [-0.3, -0.25) is 0 Å². The second kappa shape index (κ2) is 6.33. The lowest BCUT2D eigenvalue weighted by molar-refractivity contribution is -0.917. The van der Waals surface area contributed by atoms with Gasteiger partial charge in [0.15, 0.2) is 0 Å². The molecule has 0 unspecified atom stereocenters. The molecule has 18 heavy (non-hydrogen) atoms. The Bertz CT molecular complexity index is 216. The van der Waals surface area contributed by atoms with Crippen LogP contribution in [0.3, 0.4) is 0 Å². The van der Waals surface area contributed by atoms with E-state index in [1.807, 2.05) is 0 Å². The predicted molar refractivity (Wildman–Crippen MR) is 76.5 cm³/mol. The highest BCUT2D eigenvalue weighted by atomic mass is 15.4. The Balaban J connectivity index is 1.63. The van der Waals surface area contributed by atoms with E-state index in [0.29, 0.717) is 0 Å². The van der Waals surface area contributed by atoms with E-state index in [4.69, 9.17) is 0 Å². The van der Waals surface area contributed by atoms with Crippen molar-refractivity contribution >= 4 is 0 Å². The van der Waals surface area contributed by atoms with Gasteiger partial charge in [0.05, 0.1) is 53.4 Å². The number of rotatable bonds is 5. The first-order chi connectivity index (χ1) is 8.62. The fourth-order valence-corrected chi connectivity index (χ4v) is 3.30. The van der Waals surface area contributed by atoms with Gasteiger partial charge in [0.2, 0.25) is 0 Å². The summed E-state index contributed by atoms with van der Waals surface area (Å²) in [5.74, 6) is 0. The van der Waals surface area contributed by atoms with Crippen LogP contribution < -0.4 is 10.6 Å². The van der Waals surface area contributed by atoms with Crippen LogP contribution in [-0.4, -0.2) is 88.5 Å². The summed E-state index contributed by atoms with van der Waals surface area (Å²) in [5.41, 5.74) is 0. The third-order valence-corrected chi connectivity index (χ3v) is 4.96. The summed E-state index contributed by atoms with van der Waals surface area (Å²) in [4.78, 5) is 0. The van der Waals surface area contributed by atoms with Crippen molar-refractivity contribution in [2.45, 2.75) is 12.8 Å². The van der Waals surface area contributed by atoms with Crippen LogP contribution >= 0.6 is 0 Å². The molecule has 2 heterocycles. The standard InChI is InChI=1S/C14H32N4/c1-17(11-5-15-6-12-17)9-3-4-10-18(2)13-7-16-8-14-18/h15-16H,3-14H2,1-2H3/q+2. The normalized spacial score (nSPS) is 27.0. The summed E-state index contributed by atoms with van der Waals surface area (Å²) >= 11 is 0. The zero-order chi connectivity index (χ0) is 12.9. The molecule has 0 aliphatic carbocycles. The molecule has 2 N–H and O–H groups in total. The molecular formula is C14H32N4+2. The molecule has 0 spiro atoms. The molecule has 2 rings (SSSR count). The molecule has 2 aliphatic heterocycles. The fourth-order valence-electron chi connectivity index (χ4n) is 3.30. The minimum Gasteiger partial charge on any atom is -0.324 e. The van der Waals surface area contributed by atoms with Crippen LogP contribution in [-0.2, 0) is 0 Å². The molecule has 2 aliphatic rings. The summed E-state index contributed by atoms with van der Waals surface area (Å²) in [6.45, 7) is 12.8. The van der Waals surface area contributed by atoms with E-state index in [2.05, 4.69) is 24.7 Å². The summed E-state index contributed by atoms with van der Waals surface area (Å²) in [7, 11) is 4.86. The van der Waals surface area contributed by atoms with Crippen LogP contribution in [0.4, 0.5) is 0 Å². The van der Waals surface area contributed by atoms with Crippen molar-refractivity contribution in [2.75, 3.05) is 79.5 Å². The Morgan fingerprint density at radius 3 is 1.33 bits per heavy atom. The Kier molecular flexibility index (Phi) is 5.01. The quantitative estimate of drug-likeness (QED) is 0.529. The van der Waals surface area contributed by atoms with Crippen LogP contribution in [0.5, 0.6) is 0 Å². The molecule has 0 atom stereocenters. The molecule has 0 amide bonds. The van der Waals surface area contributed by atoms with Crippen LogP contribution in [0.1, 0.15) is 12.8 Å². The van der Waals surface area contributed by atoms with Crippen molar-refractivity contribution in [1.29, 1.82) is 0 Å². The number of quaternary nitrogens is 2. The molecule has 0 aromatic heterocycles. The third kappa shape index (κ3) is 4.19. The molecule has 0 bridgehead atoms. The number of piperazine rings is 2. The van der Waals surface area contributed by atoms with Gasteiger partial charge in [-0.1, -0.05) is 0 Å². The predicted octanol–water partition coefficient (Wildman–Crippen LogP) is -0.134. The molecular weight excluding hydrogens is 224 g/mol. The fraction of sp³-hybridized carbons (Fsp3) is 1.00. The Labute approximate surface area is 113 Å². The minimum atomic E-state index is 1.20. The van der Waals surface area contributed by atoms with Crippen molar-refractivity contribution in [3.05, 3.63) is 0 Å². The Morgan fingerprint density at radius 2 is 1.00 bits per heavy atom. The topological polar surface area (TPSA) is 24.1 Å². The number of likely N-dealkylation sites (N-methyl/N-ethyl adjacent to an activating group) is 2. The van der Waals surface area contributed by atoms with E-state index in [0.717, 1.165) is 0 Å². The van der Waals surface area contributed by atoms with Gasteiger partial charge < -0.3 is 19.6 Å². The summed E-state index contributed by atoms with van der Waals surface area (Å²) in [6, 6.07) is 0. The van der Waals surface area contributed by atoms with Gasteiger partial charge in [0.25, 0.3) is 0 Å². The highest BCUT2D eigenvalue weighted by molar-refractivity contribution is 4.57. The van der Waals surface area contributed by atoms with E-state index in [1.54, 1.807) is 0 Å². The van der Waals surface area contributed by atoms with E-state index < -0.39 is 0 Å². The van der Waals surface area contributed by atoms with Crippen molar-refractivity contribution < 1.29 is 8.97 Å². The molecule has 0 aromatic rings. The van der Waals surface area contributed by atoms with E-state index in [9.17, 15) is 0 Å². The van der Waals surface area contributed by atoms with E-state index in [-0.39, 0.29) is 0 Å². The third-order valence-electron chi connectivity index (χ3n) is 4.96. The number of nitrogens with one attached hydrogen (secondary N) is 2. The lowest BCUT2D eigenvalue weighted by Crippen LogP contribution is -2.57. The molecule has 106 valence electrons. The first kappa shape index (κ1) is 14.3. The van der Waals surface area contributed by atoms with Gasteiger partial charge in [-0.25, -0.2) is 0 Å². The Hall–Kier alpha value is -0.160. The summed E-state index contributed by atoms with van der Waals surface area (Å²) < 4.78 is 2.58. The number of hydrogen-bond acceptors (Lipinski definition) is 2. The molecule has 0 saturated carbocycles. The van der Waals surface area contributed by atoms with Crippen molar-refractivity contribution in [2.24, 2.45) is 0 Å². The largest absolute Gasteiger partial charge is 0.324 e. The van der Waals surface area contributed by atoms with Crippen LogP contribution in [0, 0.1) is 0 Å². The minimum absolute atomic E-state index is 1.20. The maximum Gasteiger partial charge on any atom is 0.0911 e. The average Bonchev–Trinajstić information content (AvgIpc) is 2.37. The van der Waals surface area contributed by atoms with Crippen molar-refractivity contribution in [3.8, 4) is 0 Å². The smallest absolute Gasteiger partial charge is 0.0911 e. The maximum absolute atomic E-state index is 3.46. The second-order valence-electron chi connectivity index (χ2n) is 6.79. The van der Waals surface area contributed by atoms with Crippen LogP contribution in [0.15, 0.2) is 0 Å². The highest BCUT2D eigenvalue weighted by Crippen LogP contribution is 2.11. The molecule has 4 heteroatoms. The second-order valence-corrected chi connectivity index (χ2v) is 6.79. The van der Waals surface area contributed by atoms with Gasteiger partial charge >= 0.3 is 0 Å². The maximum atomic E-state index is 3.46. The first-order valence-electron chi connectivity index (χ1n) is 7.71. The summed E-state index contributed by atoms with van der Waals surface area (Å²) in [5, 5.41) is 6.92. The van der Waals surface area contributed by atoms with Gasteiger partial charge in [-0.15, -0.1) is 0 Å². The zero-order valence-corrected chi connectivity index (χ0v) is 12.4. The molecule has 2 fully saturated rings. The van der Waals surface area contributed by atoms with Gasteiger partial charge in [0.1, 0.15) is 0 Å². The monoisotopic (exact) mass is 256 g/mol. The number of nitrogens with zero attached hydrogens (tertiary/aromatic N) is 2. The van der Waals surface area contributed by atoms with Crippen molar-refractivity contribution in [3.63, 3.8) is 0 Å². The molecule has 2 saturated heterocycles. The molecule has 4 nitrogen and oxygen atoms in total. The summed E-state index contributed by atoms with van der Waals surface area (Å²) in [6.07, 6.45) is 2.80. The number of unbranched alkanes of at least 4 members (excludes halogenated alkanes) is 1. The lowest BCUT2D eigenvalue weighted by atomic mass is 10.2. The zero-order valence-electron chi connectivity index (χ0n) is 12.4. The highest BCUT2D eigenvalue weighted by Gasteiger charge is 2.26. The van der Waals surface area contributed by atoms with Gasteiger partial charge in [-0.05, 0) is 0 Å². The lowest BCUT2D eigenvalue weighted by Gasteiger charge is -2.40. The van der Waals surface area contributed by atoms with E-state index in [1.165, 1.54) is 87.3 Å². The van der Waals surface area contributed by atoms with Gasteiger partial charge in [-0.2, -0.15) is 0 Å². The van der Waals surface area contributed by atoms with E-state index >= 15 is 0 Å². The Morgan fingerprint density at radius 1 is 0.667 bits per heavy atom. The average molecular weight is 256 g/mol. The first-order valence-corrected chi connectivity index (χ1v) is 7.71. The number of hydrogen-bond donors (Lipinski definition) is 2. The SMILES string of the molecule is C[N+]1(CCCC[N+]2(C)CCNCC2)CCNCC1.